The third-order valence-corrected chi connectivity index (χ3v) is 4.43. The summed E-state index contributed by atoms with van der Waals surface area (Å²) in [5, 5.41) is 3.31. The zero-order valence-corrected chi connectivity index (χ0v) is 12.9. The lowest BCUT2D eigenvalue weighted by Gasteiger charge is -2.27. The second-order valence-electron chi connectivity index (χ2n) is 5.10. The van der Waals surface area contributed by atoms with Crippen molar-refractivity contribution >= 4 is 21.8 Å². The van der Waals surface area contributed by atoms with E-state index in [9.17, 15) is 4.79 Å². The summed E-state index contributed by atoms with van der Waals surface area (Å²) in [6.07, 6.45) is 4.19. The fourth-order valence-corrected chi connectivity index (χ4v) is 2.91. The Kier molecular flexibility index (Phi) is 5.40. The molecule has 1 unspecified atom stereocenters. The van der Waals surface area contributed by atoms with Gasteiger partial charge in [0, 0.05) is 18.1 Å². The number of piperidine rings is 1. The maximum Gasteiger partial charge on any atom is 0.239 e. The first-order valence-electron chi connectivity index (χ1n) is 6.90. The monoisotopic (exact) mass is 324 g/mol. The Labute approximate surface area is 123 Å². The Balaban J connectivity index is 1.85. The summed E-state index contributed by atoms with van der Waals surface area (Å²) in [5.41, 5.74) is 1.25. The number of likely N-dealkylation sites (N-methyl/N-ethyl adjacent to an activating group) is 1. The minimum Gasteiger partial charge on any atom is -0.344 e. The van der Waals surface area contributed by atoms with Gasteiger partial charge < -0.3 is 10.2 Å². The molecule has 1 aliphatic heterocycles. The number of hydrogen-bond donors (Lipinski definition) is 1. The maximum absolute atomic E-state index is 12.3. The Morgan fingerprint density at radius 3 is 2.89 bits per heavy atom. The largest absolute Gasteiger partial charge is 0.344 e. The van der Waals surface area contributed by atoms with E-state index in [1.165, 1.54) is 12.0 Å². The standard InChI is InChI=1S/C15H21BrN2O/c1-18(15(19)14-8-4-5-10-17-14)11-9-12-6-2-3-7-13(12)16/h2-3,6-7,14,17H,4-5,8-11H2,1H3. The van der Waals surface area contributed by atoms with Crippen molar-refractivity contribution in [2.75, 3.05) is 20.1 Å². The number of hydrogen-bond acceptors (Lipinski definition) is 2. The van der Waals surface area contributed by atoms with Gasteiger partial charge in [0.25, 0.3) is 0 Å². The summed E-state index contributed by atoms with van der Waals surface area (Å²) in [5.74, 6) is 0.228. The van der Waals surface area contributed by atoms with Gasteiger partial charge in [0.1, 0.15) is 0 Å². The SMILES string of the molecule is CN(CCc1ccccc1Br)C(=O)C1CCCCN1. The summed E-state index contributed by atoms with van der Waals surface area (Å²) in [6.45, 7) is 1.73. The molecule has 0 aliphatic carbocycles. The number of benzene rings is 1. The quantitative estimate of drug-likeness (QED) is 0.923. The number of carbonyl (C=O) groups is 1. The van der Waals surface area contributed by atoms with Crippen LogP contribution >= 0.6 is 15.9 Å². The van der Waals surface area contributed by atoms with Crippen molar-refractivity contribution in [3.8, 4) is 0 Å². The lowest BCUT2D eigenvalue weighted by atomic mass is 10.0. The van der Waals surface area contributed by atoms with Crippen molar-refractivity contribution in [3.63, 3.8) is 0 Å². The number of carbonyl (C=O) groups excluding carboxylic acids is 1. The number of halogens is 1. The van der Waals surface area contributed by atoms with E-state index in [-0.39, 0.29) is 11.9 Å². The van der Waals surface area contributed by atoms with Crippen LogP contribution in [0.1, 0.15) is 24.8 Å². The van der Waals surface area contributed by atoms with Gasteiger partial charge in [-0.3, -0.25) is 4.79 Å². The first-order valence-corrected chi connectivity index (χ1v) is 7.69. The van der Waals surface area contributed by atoms with Crippen LogP contribution in [0.3, 0.4) is 0 Å². The van der Waals surface area contributed by atoms with Gasteiger partial charge in [-0.1, -0.05) is 40.5 Å². The van der Waals surface area contributed by atoms with E-state index in [0.29, 0.717) is 0 Å². The highest BCUT2D eigenvalue weighted by molar-refractivity contribution is 9.10. The highest BCUT2D eigenvalue weighted by atomic mass is 79.9. The first kappa shape index (κ1) is 14.5. The van der Waals surface area contributed by atoms with Crippen LogP contribution in [0.4, 0.5) is 0 Å². The van der Waals surface area contributed by atoms with Gasteiger partial charge in [-0.05, 0) is 37.4 Å². The van der Waals surface area contributed by atoms with Gasteiger partial charge in [-0.25, -0.2) is 0 Å². The van der Waals surface area contributed by atoms with Gasteiger partial charge in [-0.15, -0.1) is 0 Å². The molecule has 2 rings (SSSR count). The van der Waals surface area contributed by atoms with E-state index >= 15 is 0 Å². The molecule has 1 amide bonds. The highest BCUT2D eigenvalue weighted by Crippen LogP contribution is 2.17. The zero-order chi connectivity index (χ0) is 13.7. The minimum atomic E-state index is 0.0259. The Morgan fingerprint density at radius 2 is 2.21 bits per heavy atom. The topological polar surface area (TPSA) is 32.3 Å². The van der Waals surface area contributed by atoms with E-state index in [1.807, 2.05) is 30.1 Å². The van der Waals surface area contributed by atoms with Crippen molar-refractivity contribution in [2.45, 2.75) is 31.7 Å². The van der Waals surface area contributed by atoms with E-state index in [4.69, 9.17) is 0 Å². The molecule has 1 heterocycles. The fourth-order valence-electron chi connectivity index (χ4n) is 2.43. The van der Waals surface area contributed by atoms with Crippen LogP contribution in [-0.4, -0.2) is 37.0 Å². The van der Waals surface area contributed by atoms with Crippen molar-refractivity contribution in [1.82, 2.24) is 10.2 Å². The Morgan fingerprint density at radius 1 is 1.42 bits per heavy atom. The second kappa shape index (κ2) is 7.06. The molecule has 0 radical (unpaired) electrons. The third-order valence-electron chi connectivity index (χ3n) is 3.66. The predicted molar refractivity (Wildman–Crippen MR) is 81.1 cm³/mol. The van der Waals surface area contributed by atoms with Gasteiger partial charge in [0.2, 0.25) is 5.91 Å². The molecule has 4 heteroatoms. The van der Waals surface area contributed by atoms with Crippen LogP contribution in [0.25, 0.3) is 0 Å². The third kappa shape index (κ3) is 4.05. The van der Waals surface area contributed by atoms with Crippen LogP contribution in [-0.2, 0) is 11.2 Å². The van der Waals surface area contributed by atoms with E-state index in [1.54, 1.807) is 0 Å². The molecule has 1 fully saturated rings. The van der Waals surface area contributed by atoms with E-state index in [2.05, 4.69) is 27.3 Å². The molecule has 1 N–H and O–H groups in total. The molecule has 3 nitrogen and oxygen atoms in total. The first-order chi connectivity index (χ1) is 9.18. The number of nitrogens with one attached hydrogen (secondary N) is 1. The molecule has 19 heavy (non-hydrogen) atoms. The fraction of sp³-hybridized carbons (Fsp3) is 0.533. The van der Waals surface area contributed by atoms with Gasteiger partial charge in [-0.2, -0.15) is 0 Å². The molecule has 1 atom stereocenters. The van der Waals surface area contributed by atoms with Crippen LogP contribution in [0.5, 0.6) is 0 Å². The van der Waals surface area contributed by atoms with Crippen molar-refractivity contribution in [2.24, 2.45) is 0 Å². The summed E-state index contributed by atoms with van der Waals surface area (Å²) in [4.78, 5) is 14.1. The lowest BCUT2D eigenvalue weighted by molar-refractivity contribution is -0.132. The minimum absolute atomic E-state index is 0.0259. The summed E-state index contributed by atoms with van der Waals surface area (Å²) >= 11 is 3.54. The van der Waals surface area contributed by atoms with Crippen molar-refractivity contribution < 1.29 is 4.79 Å². The molecule has 1 saturated heterocycles. The van der Waals surface area contributed by atoms with E-state index in [0.717, 1.165) is 36.8 Å². The molecule has 0 spiro atoms. The second-order valence-corrected chi connectivity index (χ2v) is 5.96. The number of rotatable bonds is 4. The van der Waals surface area contributed by atoms with Gasteiger partial charge in [0.15, 0.2) is 0 Å². The lowest BCUT2D eigenvalue weighted by Crippen LogP contribution is -2.47. The average molecular weight is 325 g/mol. The van der Waals surface area contributed by atoms with Crippen LogP contribution in [0.15, 0.2) is 28.7 Å². The molecular weight excluding hydrogens is 304 g/mol. The van der Waals surface area contributed by atoms with Crippen molar-refractivity contribution in [1.29, 1.82) is 0 Å². The zero-order valence-electron chi connectivity index (χ0n) is 11.4. The normalized spacial score (nSPS) is 19.2. The van der Waals surface area contributed by atoms with Crippen LogP contribution in [0, 0.1) is 0 Å². The molecule has 0 bridgehead atoms. The Bertz CT molecular complexity index is 430. The molecule has 1 aromatic rings. The van der Waals surface area contributed by atoms with Crippen LogP contribution in [0.2, 0.25) is 0 Å². The van der Waals surface area contributed by atoms with Gasteiger partial charge >= 0.3 is 0 Å². The average Bonchev–Trinajstić information content (AvgIpc) is 2.46. The predicted octanol–water partition coefficient (Wildman–Crippen LogP) is 2.59. The molecular formula is C15H21BrN2O. The molecule has 104 valence electrons. The highest BCUT2D eigenvalue weighted by Gasteiger charge is 2.23. The summed E-state index contributed by atoms with van der Waals surface area (Å²) in [6, 6.07) is 8.21. The molecule has 0 aromatic heterocycles. The number of amides is 1. The van der Waals surface area contributed by atoms with Crippen molar-refractivity contribution in [3.05, 3.63) is 34.3 Å². The molecule has 1 aliphatic rings. The maximum atomic E-state index is 12.3. The van der Waals surface area contributed by atoms with Crippen LogP contribution < -0.4 is 5.32 Å². The number of nitrogens with zero attached hydrogens (tertiary/aromatic N) is 1. The summed E-state index contributed by atoms with van der Waals surface area (Å²) in [7, 11) is 1.90. The van der Waals surface area contributed by atoms with E-state index < -0.39 is 0 Å². The summed E-state index contributed by atoms with van der Waals surface area (Å²) < 4.78 is 1.12. The Hall–Kier alpha value is -0.870. The smallest absolute Gasteiger partial charge is 0.239 e. The van der Waals surface area contributed by atoms with Gasteiger partial charge in [0.05, 0.1) is 6.04 Å². The molecule has 1 aromatic carbocycles. The molecule has 0 saturated carbocycles.